The molecule has 0 aliphatic carbocycles. The highest BCUT2D eigenvalue weighted by atomic mass is 32.1. The fourth-order valence-corrected chi connectivity index (χ4v) is 3.21. The quantitative estimate of drug-likeness (QED) is 0.108. The highest BCUT2D eigenvalue weighted by Gasteiger charge is 2.31. The van der Waals surface area contributed by atoms with Gasteiger partial charge >= 0.3 is 17.9 Å². The number of nitrogens with two attached hydrogens (primary N) is 1. The van der Waals surface area contributed by atoms with Crippen LogP contribution in [0, 0.1) is 0 Å². The molecule has 4 atom stereocenters. The lowest BCUT2D eigenvalue weighted by atomic mass is 10.0. The van der Waals surface area contributed by atoms with Gasteiger partial charge in [-0.05, 0) is 30.5 Å². The molecule has 14 nitrogen and oxygen atoms in total. The first-order valence-electron chi connectivity index (χ1n) is 11.1. The molecule has 3 amide bonds. The molecule has 4 unspecified atom stereocenters. The Hall–Kier alpha value is -3.85. The molecule has 0 fully saturated rings. The molecule has 0 saturated carbocycles. The maximum atomic E-state index is 13.1. The summed E-state index contributed by atoms with van der Waals surface area (Å²) in [6.07, 6.45) is -2.09. The number of phenols is 1. The number of rotatable bonds is 16. The van der Waals surface area contributed by atoms with Gasteiger partial charge < -0.3 is 42.1 Å². The Kier molecular flexibility index (Phi) is 12.9. The van der Waals surface area contributed by atoms with Crippen molar-refractivity contribution in [1.82, 2.24) is 16.0 Å². The van der Waals surface area contributed by atoms with Crippen molar-refractivity contribution in [2.45, 2.75) is 56.3 Å². The van der Waals surface area contributed by atoms with E-state index in [0.717, 1.165) is 0 Å². The Morgan fingerprint density at radius 3 is 1.70 bits per heavy atom. The van der Waals surface area contributed by atoms with Crippen LogP contribution in [0.5, 0.6) is 5.75 Å². The Balaban J connectivity index is 3.13. The minimum absolute atomic E-state index is 0.0318. The van der Waals surface area contributed by atoms with Crippen molar-refractivity contribution in [1.29, 1.82) is 0 Å². The number of phenolic OH excluding ortho intramolecular Hbond substituents is 1. The number of hydrogen-bond acceptors (Lipinski definition) is 9. The van der Waals surface area contributed by atoms with Gasteiger partial charge in [0.1, 0.15) is 23.9 Å². The second-order valence-electron chi connectivity index (χ2n) is 8.05. The van der Waals surface area contributed by atoms with E-state index in [-0.39, 0.29) is 17.9 Å². The molecule has 1 aromatic carbocycles. The monoisotopic (exact) mass is 542 g/mol. The van der Waals surface area contributed by atoms with Crippen molar-refractivity contribution in [3.63, 3.8) is 0 Å². The normalized spacial score (nSPS) is 13.9. The summed E-state index contributed by atoms with van der Waals surface area (Å²) in [7, 11) is 0. The Bertz CT molecular complexity index is 988. The number of carboxylic acids is 3. The molecule has 0 heterocycles. The highest BCUT2D eigenvalue weighted by Crippen LogP contribution is 2.12. The maximum Gasteiger partial charge on any atom is 0.326 e. The van der Waals surface area contributed by atoms with Crippen LogP contribution >= 0.6 is 12.6 Å². The van der Waals surface area contributed by atoms with Gasteiger partial charge in [0, 0.05) is 25.0 Å². The average molecular weight is 543 g/mol. The Morgan fingerprint density at radius 2 is 1.22 bits per heavy atom. The molecular formula is C22H30N4O10S. The number of thiol groups is 1. The summed E-state index contributed by atoms with van der Waals surface area (Å²) in [5.74, 6) is -6.83. The second-order valence-corrected chi connectivity index (χ2v) is 8.41. The summed E-state index contributed by atoms with van der Waals surface area (Å²) in [5.41, 5.74) is 6.18. The molecule has 0 radical (unpaired) electrons. The van der Waals surface area contributed by atoms with Crippen molar-refractivity contribution in [3.8, 4) is 5.75 Å². The Morgan fingerprint density at radius 1 is 0.757 bits per heavy atom. The molecule has 204 valence electrons. The van der Waals surface area contributed by atoms with Crippen LogP contribution in [-0.2, 0) is 35.2 Å². The molecule has 0 spiro atoms. The number of carbonyl (C=O) groups is 6. The summed E-state index contributed by atoms with van der Waals surface area (Å²) < 4.78 is 0. The SMILES string of the molecule is NC(CS)C(=O)NC(Cc1ccc(O)cc1)C(=O)NC(CCC(=O)O)C(=O)NC(CCC(=O)O)C(=O)O. The number of nitrogens with one attached hydrogen (secondary N) is 3. The van der Waals surface area contributed by atoms with Gasteiger partial charge in [-0.25, -0.2) is 4.79 Å². The van der Waals surface area contributed by atoms with Crippen LogP contribution in [-0.4, -0.2) is 86.0 Å². The second kappa shape index (κ2) is 15.3. The first kappa shape index (κ1) is 31.2. The van der Waals surface area contributed by atoms with Crippen molar-refractivity contribution < 1.29 is 49.2 Å². The summed E-state index contributed by atoms with van der Waals surface area (Å²) in [4.78, 5) is 71.5. The topological polar surface area (TPSA) is 245 Å². The van der Waals surface area contributed by atoms with Crippen LogP contribution in [0.4, 0.5) is 0 Å². The van der Waals surface area contributed by atoms with Crippen LogP contribution in [0.2, 0.25) is 0 Å². The van der Waals surface area contributed by atoms with E-state index in [1.165, 1.54) is 24.3 Å². The standard InChI is InChI=1S/C22H30N4O10S/c23-13(10-37)19(32)26-16(9-11-1-3-12(27)4-2-11)21(34)24-14(5-7-17(28)29)20(33)25-15(22(35)36)6-8-18(30)31/h1-4,13-16,27,37H,5-10,23H2,(H,24,34)(H,25,33)(H,26,32)(H,28,29)(H,30,31)(H,35,36). The van der Waals surface area contributed by atoms with E-state index in [9.17, 15) is 39.0 Å². The molecule has 0 bridgehead atoms. The van der Waals surface area contributed by atoms with Gasteiger partial charge in [0.25, 0.3) is 0 Å². The highest BCUT2D eigenvalue weighted by molar-refractivity contribution is 7.80. The van der Waals surface area contributed by atoms with Crippen LogP contribution in [0.1, 0.15) is 31.2 Å². The van der Waals surface area contributed by atoms with Crippen molar-refractivity contribution >= 4 is 48.3 Å². The van der Waals surface area contributed by atoms with E-state index in [1.807, 2.05) is 0 Å². The fraction of sp³-hybridized carbons (Fsp3) is 0.455. The van der Waals surface area contributed by atoms with Gasteiger partial charge in [-0.2, -0.15) is 12.6 Å². The number of aliphatic carboxylic acids is 3. The zero-order chi connectivity index (χ0) is 28.1. The third-order valence-electron chi connectivity index (χ3n) is 5.08. The zero-order valence-corrected chi connectivity index (χ0v) is 20.5. The van der Waals surface area contributed by atoms with E-state index >= 15 is 0 Å². The van der Waals surface area contributed by atoms with E-state index in [1.54, 1.807) is 0 Å². The van der Waals surface area contributed by atoms with Crippen molar-refractivity contribution in [2.24, 2.45) is 5.73 Å². The van der Waals surface area contributed by atoms with Gasteiger partial charge in [0.2, 0.25) is 17.7 Å². The molecule has 15 heteroatoms. The lowest BCUT2D eigenvalue weighted by Gasteiger charge is -2.25. The largest absolute Gasteiger partial charge is 0.508 e. The number of hydrogen-bond donors (Lipinski definition) is 9. The summed E-state index contributed by atoms with van der Waals surface area (Å²) in [6.45, 7) is 0. The minimum atomic E-state index is -1.60. The number of amides is 3. The molecule has 0 saturated heterocycles. The van der Waals surface area contributed by atoms with Gasteiger partial charge in [0.05, 0.1) is 6.04 Å². The number of carboxylic acid groups (broad SMARTS) is 3. The minimum Gasteiger partial charge on any atom is -0.508 e. The first-order chi connectivity index (χ1) is 17.3. The van der Waals surface area contributed by atoms with Gasteiger partial charge in [0.15, 0.2) is 0 Å². The van der Waals surface area contributed by atoms with E-state index in [2.05, 4.69) is 28.6 Å². The fourth-order valence-electron chi connectivity index (χ4n) is 3.05. The molecule has 1 aromatic rings. The first-order valence-corrected chi connectivity index (χ1v) is 11.7. The predicted octanol–water partition coefficient (Wildman–Crippen LogP) is -1.54. The predicted molar refractivity (Wildman–Crippen MR) is 131 cm³/mol. The van der Waals surface area contributed by atoms with E-state index in [0.29, 0.717) is 5.56 Å². The third-order valence-corrected chi connectivity index (χ3v) is 5.48. The molecule has 37 heavy (non-hydrogen) atoms. The molecule has 0 aromatic heterocycles. The van der Waals surface area contributed by atoms with Crippen LogP contribution < -0.4 is 21.7 Å². The van der Waals surface area contributed by atoms with Crippen LogP contribution in [0.15, 0.2) is 24.3 Å². The van der Waals surface area contributed by atoms with E-state index < -0.39 is 85.5 Å². The number of benzene rings is 1. The maximum absolute atomic E-state index is 13.1. The van der Waals surface area contributed by atoms with Gasteiger partial charge in [-0.15, -0.1) is 0 Å². The lowest BCUT2D eigenvalue weighted by molar-refractivity contribution is -0.144. The Labute approximate surface area is 217 Å². The average Bonchev–Trinajstić information content (AvgIpc) is 2.83. The van der Waals surface area contributed by atoms with Crippen molar-refractivity contribution in [2.75, 3.05) is 5.75 Å². The summed E-state index contributed by atoms with van der Waals surface area (Å²) in [6, 6.07) is 0.238. The third kappa shape index (κ3) is 11.6. The summed E-state index contributed by atoms with van der Waals surface area (Å²) in [5, 5.41) is 43.5. The van der Waals surface area contributed by atoms with Gasteiger partial charge in [-0.3, -0.25) is 24.0 Å². The smallest absolute Gasteiger partial charge is 0.326 e. The summed E-state index contributed by atoms with van der Waals surface area (Å²) >= 11 is 3.94. The van der Waals surface area contributed by atoms with E-state index in [4.69, 9.17) is 15.9 Å². The van der Waals surface area contributed by atoms with Crippen LogP contribution in [0.25, 0.3) is 0 Å². The number of aromatic hydroxyl groups is 1. The number of carbonyl (C=O) groups excluding carboxylic acids is 3. The molecule has 9 N–H and O–H groups in total. The molecule has 0 aliphatic rings. The molecule has 0 aliphatic heterocycles. The van der Waals surface area contributed by atoms with Gasteiger partial charge in [-0.1, -0.05) is 12.1 Å². The molecule has 1 rings (SSSR count). The van der Waals surface area contributed by atoms with Crippen LogP contribution in [0.3, 0.4) is 0 Å². The zero-order valence-electron chi connectivity index (χ0n) is 19.6. The molecular weight excluding hydrogens is 512 g/mol. The van der Waals surface area contributed by atoms with Crippen molar-refractivity contribution in [3.05, 3.63) is 29.8 Å². The lowest BCUT2D eigenvalue weighted by Crippen LogP contribution is -2.57.